The van der Waals surface area contributed by atoms with E-state index >= 15 is 0 Å². The van der Waals surface area contributed by atoms with Gasteiger partial charge in [0.1, 0.15) is 6.04 Å². The Labute approximate surface area is 146 Å². The van der Waals surface area contributed by atoms with Crippen molar-refractivity contribution < 1.29 is 9.90 Å². The molecule has 1 aromatic heterocycles. The zero-order chi connectivity index (χ0) is 17.3. The molecule has 2 aromatic rings. The van der Waals surface area contributed by atoms with E-state index in [2.05, 4.69) is 10.00 Å². The van der Waals surface area contributed by atoms with Crippen molar-refractivity contribution >= 4 is 17.6 Å². The van der Waals surface area contributed by atoms with Crippen LogP contribution in [-0.4, -0.2) is 63.4 Å². The zero-order valence-electron chi connectivity index (χ0n) is 13.8. The van der Waals surface area contributed by atoms with Gasteiger partial charge in [-0.2, -0.15) is 5.10 Å². The number of halogens is 1. The maximum Gasteiger partial charge on any atom is 0.320 e. The van der Waals surface area contributed by atoms with Crippen LogP contribution < -0.4 is 0 Å². The van der Waals surface area contributed by atoms with Crippen molar-refractivity contribution in [1.29, 1.82) is 0 Å². The third-order valence-corrected chi connectivity index (χ3v) is 4.76. The number of carboxylic acids is 1. The minimum Gasteiger partial charge on any atom is -0.480 e. The molecular weight excluding hydrogens is 328 g/mol. The summed E-state index contributed by atoms with van der Waals surface area (Å²) in [6.07, 6.45) is 4.37. The lowest BCUT2D eigenvalue weighted by molar-refractivity contribution is -0.142. The number of hydrogen-bond donors (Lipinski definition) is 1. The molecule has 24 heavy (non-hydrogen) atoms. The lowest BCUT2D eigenvalue weighted by Crippen LogP contribution is -2.35. The highest BCUT2D eigenvalue weighted by Gasteiger charge is 2.37. The second-order valence-corrected chi connectivity index (χ2v) is 6.84. The van der Waals surface area contributed by atoms with E-state index in [1.54, 1.807) is 10.9 Å². The van der Waals surface area contributed by atoms with Gasteiger partial charge in [-0.3, -0.25) is 9.69 Å². The molecule has 1 N–H and O–H groups in total. The van der Waals surface area contributed by atoms with Crippen molar-refractivity contribution in [2.75, 3.05) is 20.6 Å². The molecule has 2 atom stereocenters. The summed E-state index contributed by atoms with van der Waals surface area (Å²) < 4.78 is 1.78. The Bertz CT molecular complexity index is 714. The highest BCUT2D eigenvalue weighted by Crippen LogP contribution is 2.23. The van der Waals surface area contributed by atoms with E-state index in [1.165, 1.54) is 0 Å². The van der Waals surface area contributed by atoms with Crippen LogP contribution >= 0.6 is 11.6 Å². The lowest BCUT2D eigenvalue weighted by atomic mass is 10.1. The summed E-state index contributed by atoms with van der Waals surface area (Å²) in [4.78, 5) is 15.6. The van der Waals surface area contributed by atoms with Crippen molar-refractivity contribution in [3.63, 3.8) is 0 Å². The van der Waals surface area contributed by atoms with Gasteiger partial charge in [0, 0.05) is 35.9 Å². The second-order valence-electron chi connectivity index (χ2n) is 6.41. The number of likely N-dealkylation sites (tertiary alicyclic amines) is 1. The minimum absolute atomic E-state index is 0.261. The Kier molecular flexibility index (Phi) is 4.89. The van der Waals surface area contributed by atoms with Crippen LogP contribution in [0.4, 0.5) is 0 Å². The van der Waals surface area contributed by atoms with Crippen LogP contribution in [0, 0.1) is 0 Å². The van der Waals surface area contributed by atoms with Crippen LogP contribution in [0.1, 0.15) is 12.0 Å². The molecule has 0 aliphatic carbocycles. The first-order valence-electron chi connectivity index (χ1n) is 7.87. The van der Waals surface area contributed by atoms with E-state index in [-0.39, 0.29) is 6.04 Å². The first-order chi connectivity index (χ1) is 11.4. The molecule has 0 radical (unpaired) electrons. The fourth-order valence-corrected chi connectivity index (χ4v) is 3.22. The van der Waals surface area contributed by atoms with Gasteiger partial charge in [0.2, 0.25) is 0 Å². The van der Waals surface area contributed by atoms with Crippen molar-refractivity contribution in [3.8, 4) is 5.69 Å². The number of carbonyl (C=O) groups is 1. The third-order valence-electron chi connectivity index (χ3n) is 4.51. The van der Waals surface area contributed by atoms with E-state index in [1.807, 2.05) is 49.5 Å². The van der Waals surface area contributed by atoms with Gasteiger partial charge in [0.05, 0.1) is 11.9 Å². The molecule has 128 valence electrons. The quantitative estimate of drug-likeness (QED) is 0.896. The summed E-state index contributed by atoms with van der Waals surface area (Å²) in [6.45, 7) is 1.32. The SMILES string of the molecule is CN(C)[C@@H]1C[C@@H](C(=O)O)N(Cc2cnn(-c3ccc(Cl)cc3)c2)C1. The molecule has 3 rings (SSSR count). The second kappa shape index (κ2) is 6.93. The van der Waals surface area contributed by atoms with Crippen LogP contribution in [0.15, 0.2) is 36.7 Å². The van der Waals surface area contributed by atoms with Crippen LogP contribution in [0.5, 0.6) is 0 Å². The van der Waals surface area contributed by atoms with Crippen LogP contribution in [0.3, 0.4) is 0 Å². The molecule has 1 saturated heterocycles. The Morgan fingerprint density at radius 1 is 1.38 bits per heavy atom. The molecule has 1 aromatic carbocycles. The fourth-order valence-electron chi connectivity index (χ4n) is 3.10. The largest absolute Gasteiger partial charge is 0.480 e. The van der Waals surface area contributed by atoms with Crippen LogP contribution in [0.25, 0.3) is 5.69 Å². The Balaban J connectivity index is 1.73. The summed E-state index contributed by atoms with van der Waals surface area (Å²) in [6, 6.07) is 7.25. The van der Waals surface area contributed by atoms with E-state index in [0.29, 0.717) is 18.0 Å². The predicted molar refractivity (Wildman–Crippen MR) is 92.5 cm³/mol. The van der Waals surface area contributed by atoms with Gasteiger partial charge in [-0.15, -0.1) is 0 Å². The topological polar surface area (TPSA) is 61.6 Å². The summed E-state index contributed by atoms with van der Waals surface area (Å²) in [7, 11) is 3.98. The summed E-state index contributed by atoms with van der Waals surface area (Å²) in [5, 5.41) is 14.5. The third kappa shape index (κ3) is 3.61. The van der Waals surface area contributed by atoms with Gasteiger partial charge in [0.15, 0.2) is 0 Å². The van der Waals surface area contributed by atoms with E-state index < -0.39 is 12.0 Å². The van der Waals surface area contributed by atoms with Gasteiger partial charge in [0.25, 0.3) is 0 Å². The molecule has 1 fully saturated rings. The minimum atomic E-state index is -0.760. The zero-order valence-corrected chi connectivity index (χ0v) is 14.5. The lowest BCUT2D eigenvalue weighted by Gasteiger charge is -2.21. The summed E-state index contributed by atoms with van der Waals surface area (Å²) >= 11 is 5.91. The van der Waals surface area contributed by atoms with Gasteiger partial charge < -0.3 is 10.0 Å². The molecule has 0 unspecified atom stereocenters. The van der Waals surface area contributed by atoms with E-state index in [9.17, 15) is 9.90 Å². The molecule has 7 heteroatoms. The molecule has 1 aliphatic rings. The number of carboxylic acid groups (broad SMARTS) is 1. The highest BCUT2D eigenvalue weighted by molar-refractivity contribution is 6.30. The van der Waals surface area contributed by atoms with Crippen molar-refractivity contribution in [2.45, 2.75) is 25.0 Å². The summed E-state index contributed by atoms with van der Waals surface area (Å²) in [5.41, 5.74) is 1.92. The van der Waals surface area contributed by atoms with Crippen molar-refractivity contribution in [3.05, 3.63) is 47.2 Å². The molecule has 1 aliphatic heterocycles. The Hall–Kier alpha value is -1.89. The molecule has 0 saturated carbocycles. The number of hydrogen-bond acceptors (Lipinski definition) is 4. The number of rotatable bonds is 5. The average Bonchev–Trinajstić information content (AvgIpc) is 3.16. The molecule has 0 bridgehead atoms. The predicted octanol–water partition coefficient (Wildman–Crippen LogP) is 2.11. The number of nitrogens with zero attached hydrogens (tertiary/aromatic N) is 4. The first-order valence-corrected chi connectivity index (χ1v) is 8.24. The van der Waals surface area contributed by atoms with E-state index in [4.69, 9.17) is 11.6 Å². The van der Waals surface area contributed by atoms with Gasteiger partial charge in [-0.1, -0.05) is 11.6 Å². The average molecular weight is 349 g/mol. The monoisotopic (exact) mass is 348 g/mol. The van der Waals surface area contributed by atoms with Crippen LogP contribution in [-0.2, 0) is 11.3 Å². The normalized spacial score (nSPS) is 21.5. The number of likely N-dealkylation sites (N-methyl/N-ethyl adjacent to an activating group) is 1. The maximum atomic E-state index is 11.5. The van der Waals surface area contributed by atoms with Gasteiger partial charge in [-0.05, 0) is 44.8 Å². The smallest absolute Gasteiger partial charge is 0.320 e. The van der Waals surface area contributed by atoms with Gasteiger partial charge in [-0.25, -0.2) is 4.68 Å². The highest BCUT2D eigenvalue weighted by atomic mass is 35.5. The van der Waals surface area contributed by atoms with E-state index in [0.717, 1.165) is 17.8 Å². The first kappa shape index (κ1) is 17.0. The summed E-state index contributed by atoms with van der Waals surface area (Å²) in [5.74, 6) is -0.760. The molecule has 0 amide bonds. The Morgan fingerprint density at radius 3 is 2.71 bits per heavy atom. The molecular formula is C17H21ClN4O2. The van der Waals surface area contributed by atoms with Crippen molar-refractivity contribution in [2.24, 2.45) is 0 Å². The molecule has 2 heterocycles. The van der Waals surface area contributed by atoms with Gasteiger partial charge >= 0.3 is 5.97 Å². The molecule has 0 spiro atoms. The number of benzene rings is 1. The fraction of sp³-hybridized carbons (Fsp3) is 0.412. The number of aromatic nitrogens is 2. The maximum absolute atomic E-state index is 11.5. The van der Waals surface area contributed by atoms with Crippen molar-refractivity contribution in [1.82, 2.24) is 19.6 Å². The van der Waals surface area contributed by atoms with Crippen LogP contribution in [0.2, 0.25) is 5.02 Å². The number of aliphatic carboxylic acids is 1. The Morgan fingerprint density at radius 2 is 2.08 bits per heavy atom. The standard InChI is InChI=1S/C17H21ClN4O2/c1-20(2)15-7-16(17(23)24)21(11-15)9-12-8-19-22(10-12)14-5-3-13(18)4-6-14/h3-6,8,10,15-16H,7,9,11H2,1-2H3,(H,23,24)/t15-,16+/m1/s1. The molecule has 6 nitrogen and oxygen atoms in total.